The normalized spacial score (nSPS) is 22.3. The van der Waals surface area contributed by atoms with Gasteiger partial charge >= 0.3 is 0 Å². The number of hydrogen-bond acceptors (Lipinski definition) is 5. The summed E-state index contributed by atoms with van der Waals surface area (Å²) in [4.78, 5) is 5.46. The molecule has 2 unspecified atom stereocenters. The number of aryl methyl sites for hydroxylation is 1. The van der Waals surface area contributed by atoms with Crippen LogP contribution in [0.2, 0.25) is 0 Å². The summed E-state index contributed by atoms with van der Waals surface area (Å²) in [6.45, 7) is 5.51. The molecular formula is C13H24N4O2S2. The smallest absolute Gasteiger partial charge is 0.280 e. The van der Waals surface area contributed by atoms with Crippen molar-refractivity contribution in [2.24, 2.45) is 11.7 Å². The Hall–Kier alpha value is -0.540. The maximum Gasteiger partial charge on any atom is 0.280 e. The minimum Gasteiger partial charge on any atom is -0.330 e. The van der Waals surface area contributed by atoms with Crippen molar-refractivity contribution in [1.29, 1.82) is 0 Å². The first-order valence-corrected chi connectivity index (χ1v) is 9.64. The topological polar surface area (TPSA) is 88.3 Å². The second-order valence-electron chi connectivity index (χ2n) is 5.46. The lowest BCUT2D eigenvalue weighted by atomic mass is 10.0. The van der Waals surface area contributed by atoms with Crippen LogP contribution in [0.1, 0.15) is 42.6 Å². The molecule has 0 aromatic carbocycles. The van der Waals surface area contributed by atoms with Gasteiger partial charge in [0.2, 0.25) is 0 Å². The van der Waals surface area contributed by atoms with E-state index >= 15 is 0 Å². The van der Waals surface area contributed by atoms with Crippen molar-refractivity contribution < 1.29 is 8.42 Å². The van der Waals surface area contributed by atoms with Crippen LogP contribution in [0.3, 0.4) is 0 Å². The number of thiazole rings is 1. The molecule has 1 aliphatic heterocycles. The second-order valence-corrected chi connectivity index (χ2v) is 8.31. The Balaban J connectivity index is 2.02. The Morgan fingerprint density at radius 3 is 3.00 bits per heavy atom. The van der Waals surface area contributed by atoms with E-state index in [4.69, 9.17) is 5.73 Å². The van der Waals surface area contributed by atoms with Crippen LogP contribution in [0.25, 0.3) is 0 Å². The van der Waals surface area contributed by atoms with Crippen LogP contribution in [0.4, 0.5) is 0 Å². The molecule has 6 nitrogen and oxygen atoms in total. The lowest BCUT2D eigenvalue weighted by molar-refractivity contribution is 0.267. The third kappa shape index (κ3) is 4.23. The number of nitrogens with one attached hydrogen (secondary N) is 1. The Morgan fingerprint density at radius 1 is 1.62 bits per heavy atom. The summed E-state index contributed by atoms with van der Waals surface area (Å²) < 4.78 is 29.2. The van der Waals surface area contributed by atoms with Crippen LogP contribution in [0.5, 0.6) is 0 Å². The van der Waals surface area contributed by atoms with Crippen molar-refractivity contribution in [3.8, 4) is 0 Å². The van der Waals surface area contributed by atoms with Crippen molar-refractivity contribution >= 4 is 21.5 Å². The first kappa shape index (κ1) is 16.8. The number of nitrogens with zero attached hydrogens (tertiary/aromatic N) is 2. The van der Waals surface area contributed by atoms with Gasteiger partial charge in [0.1, 0.15) is 5.01 Å². The third-order valence-electron chi connectivity index (χ3n) is 3.77. The average Bonchev–Trinajstić information content (AvgIpc) is 2.96. The lowest BCUT2D eigenvalue weighted by Crippen LogP contribution is -2.47. The zero-order valence-corrected chi connectivity index (χ0v) is 14.2. The highest BCUT2D eigenvalue weighted by Crippen LogP contribution is 2.23. The molecule has 1 fully saturated rings. The number of piperidine rings is 1. The van der Waals surface area contributed by atoms with E-state index in [1.54, 1.807) is 11.3 Å². The molecule has 2 heterocycles. The van der Waals surface area contributed by atoms with E-state index in [0.29, 0.717) is 19.6 Å². The standard InChI is InChI=1S/C13H24N4O2S2/c1-3-12-8-15-13(20-12)10(2)16-21(18,19)17-6-4-5-11(7-14)9-17/h8,10-11,16H,3-7,9,14H2,1-2H3. The fourth-order valence-electron chi connectivity index (χ4n) is 2.47. The van der Waals surface area contributed by atoms with E-state index in [1.807, 2.05) is 13.1 Å². The molecule has 1 aromatic rings. The highest BCUT2D eigenvalue weighted by Gasteiger charge is 2.30. The zero-order valence-electron chi connectivity index (χ0n) is 12.6. The van der Waals surface area contributed by atoms with Crippen LogP contribution in [0, 0.1) is 5.92 Å². The highest BCUT2D eigenvalue weighted by molar-refractivity contribution is 7.87. The van der Waals surface area contributed by atoms with E-state index in [0.717, 1.165) is 29.1 Å². The molecule has 0 amide bonds. The summed E-state index contributed by atoms with van der Waals surface area (Å²) in [6, 6.07) is -0.307. The van der Waals surface area contributed by atoms with E-state index in [2.05, 4.69) is 16.6 Å². The van der Waals surface area contributed by atoms with Gasteiger partial charge in [-0.2, -0.15) is 17.4 Å². The molecule has 2 rings (SSSR count). The largest absolute Gasteiger partial charge is 0.330 e. The van der Waals surface area contributed by atoms with Crippen LogP contribution >= 0.6 is 11.3 Å². The molecule has 8 heteroatoms. The van der Waals surface area contributed by atoms with Crippen molar-refractivity contribution in [2.45, 2.75) is 39.2 Å². The van der Waals surface area contributed by atoms with Crippen LogP contribution in [-0.4, -0.2) is 37.3 Å². The predicted molar refractivity (Wildman–Crippen MR) is 85.3 cm³/mol. The summed E-state index contributed by atoms with van der Waals surface area (Å²) in [5.41, 5.74) is 5.67. The summed E-state index contributed by atoms with van der Waals surface area (Å²) >= 11 is 1.56. The summed E-state index contributed by atoms with van der Waals surface area (Å²) in [6.07, 6.45) is 4.61. The van der Waals surface area contributed by atoms with Gasteiger partial charge in [-0.15, -0.1) is 11.3 Å². The Labute approximate surface area is 130 Å². The van der Waals surface area contributed by atoms with Gasteiger partial charge in [0.15, 0.2) is 0 Å². The van der Waals surface area contributed by atoms with Gasteiger partial charge < -0.3 is 5.73 Å². The Kier molecular flexibility index (Phi) is 5.73. The molecule has 0 bridgehead atoms. The number of nitrogens with two attached hydrogens (primary N) is 1. The summed E-state index contributed by atoms with van der Waals surface area (Å²) in [5, 5.41) is 0.808. The maximum atomic E-state index is 12.5. The first-order valence-electron chi connectivity index (χ1n) is 7.38. The number of rotatable bonds is 6. The molecule has 0 radical (unpaired) electrons. The van der Waals surface area contributed by atoms with Crippen molar-refractivity contribution in [1.82, 2.24) is 14.0 Å². The lowest BCUT2D eigenvalue weighted by Gasteiger charge is -2.31. The second kappa shape index (κ2) is 7.15. The average molecular weight is 332 g/mol. The Bertz CT molecular complexity index is 558. The predicted octanol–water partition coefficient (Wildman–Crippen LogP) is 1.27. The van der Waals surface area contributed by atoms with Crippen LogP contribution in [0.15, 0.2) is 6.20 Å². The summed E-state index contributed by atoms with van der Waals surface area (Å²) in [7, 11) is -3.48. The number of hydrogen-bond donors (Lipinski definition) is 2. The van der Waals surface area contributed by atoms with E-state index in [9.17, 15) is 8.42 Å². The molecule has 1 aromatic heterocycles. The first-order chi connectivity index (χ1) is 9.96. The SMILES string of the molecule is CCc1cnc(C(C)NS(=O)(=O)N2CCCC(CN)C2)s1. The molecular weight excluding hydrogens is 308 g/mol. The van der Waals surface area contributed by atoms with Gasteiger partial charge in [-0.3, -0.25) is 0 Å². The molecule has 0 spiro atoms. The van der Waals surface area contributed by atoms with Crippen LogP contribution < -0.4 is 10.5 Å². The van der Waals surface area contributed by atoms with Crippen LogP contribution in [-0.2, 0) is 16.6 Å². The summed E-state index contributed by atoms with van der Waals surface area (Å²) in [5.74, 6) is 0.261. The molecule has 1 saturated heterocycles. The third-order valence-corrected chi connectivity index (χ3v) is 6.76. The van der Waals surface area contributed by atoms with Crippen molar-refractivity contribution in [3.05, 3.63) is 16.1 Å². The molecule has 120 valence electrons. The highest BCUT2D eigenvalue weighted by atomic mass is 32.2. The van der Waals surface area contributed by atoms with Gasteiger partial charge in [-0.25, -0.2) is 4.98 Å². The fourth-order valence-corrected chi connectivity index (χ4v) is 4.89. The molecule has 1 aliphatic rings. The quantitative estimate of drug-likeness (QED) is 0.821. The number of aromatic nitrogens is 1. The molecule has 21 heavy (non-hydrogen) atoms. The van der Waals surface area contributed by atoms with Gasteiger partial charge in [-0.05, 0) is 38.6 Å². The van der Waals surface area contributed by atoms with Crippen molar-refractivity contribution in [3.63, 3.8) is 0 Å². The minimum absolute atomic E-state index is 0.261. The minimum atomic E-state index is -3.48. The molecule has 2 atom stereocenters. The molecule has 0 aliphatic carbocycles. The van der Waals surface area contributed by atoms with E-state index in [1.165, 1.54) is 4.31 Å². The Morgan fingerprint density at radius 2 is 2.38 bits per heavy atom. The van der Waals surface area contributed by atoms with E-state index < -0.39 is 10.2 Å². The van der Waals surface area contributed by atoms with E-state index in [-0.39, 0.29) is 12.0 Å². The van der Waals surface area contributed by atoms with Gasteiger partial charge in [0, 0.05) is 24.2 Å². The van der Waals surface area contributed by atoms with Crippen molar-refractivity contribution in [2.75, 3.05) is 19.6 Å². The maximum absolute atomic E-state index is 12.5. The molecule has 0 saturated carbocycles. The fraction of sp³-hybridized carbons (Fsp3) is 0.769. The molecule has 3 N–H and O–H groups in total. The zero-order chi connectivity index (χ0) is 15.5. The van der Waals surface area contributed by atoms with Gasteiger partial charge in [-0.1, -0.05) is 6.92 Å². The van der Waals surface area contributed by atoms with Gasteiger partial charge in [0.25, 0.3) is 10.2 Å². The van der Waals surface area contributed by atoms with Gasteiger partial charge in [0.05, 0.1) is 6.04 Å². The monoisotopic (exact) mass is 332 g/mol.